The van der Waals surface area contributed by atoms with Gasteiger partial charge in [0.15, 0.2) is 5.82 Å². The summed E-state index contributed by atoms with van der Waals surface area (Å²) in [6.45, 7) is 7.39. The fourth-order valence-electron chi connectivity index (χ4n) is 2.40. The zero-order chi connectivity index (χ0) is 17.0. The SMILES string of the molecule is CC(=O)N(CCC(=O)Nc1cc(C)cc(C)c1)c1cc(C)on1. The number of hydrogen-bond acceptors (Lipinski definition) is 4. The minimum absolute atomic E-state index is 0.151. The van der Waals surface area contributed by atoms with Crippen LogP contribution in [0.3, 0.4) is 0 Å². The Bertz CT molecular complexity index is 701. The van der Waals surface area contributed by atoms with Gasteiger partial charge in [-0.3, -0.25) is 14.5 Å². The Labute approximate surface area is 135 Å². The second-order valence-electron chi connectivity index (χ2n) is 5.64. The van der Waals surface area contributed by atoms with E-state index in [-0.39, 0.29) is 24.8 Å². The highest BCUT2D eigenvalue weighted by Gasteiger charge is 2.17. The molecule has 23 heavy (non-hydrogen) atoms. The van der Waals surface area contributed by atoms with Gasteiger partial charge in [-0.25, -0.2) is 0 Å². The Hall–Kier alpha value is -2.63. The van der Waals surface area contributed by atoms with Crippen molar-refractivity contribution >= 4 is 23.3 Å². The van der Waals surface area contributed by atoms with Crippen LogP contribution in [0.5, 0.6) is 0 Å². The van der Waals surface area contributed by atoms with Crippen LogP contribution in [0.1, 0.15) is 30.2 Å². The maximum atomic E-state index is 12.1. The molecule has 2 amide bonds. The number of carbonyl (C=O) groups excluding carboxylic acids is 2. The van der Waals surface area contributed by atoms with Crippen molar-refractivity contribution in [2.75, 3.05) is 16.8 Å². The number of aromatic nitrogens is 1. The second-order valence-corrected chi connectivity index (χ2v) is 5.64. The van der Waals surface area contributed by atoms with E-state index in [0.29, 0.717) is 11.6 Å². The molecule has 0 spiro atoms. The number of carbonyl (C=O) groups is 2. The van der Waals surface area contributed by atoms with Crippen molar-refractivity contribution in [3.8, 4) is 0 Å². The first-order valence-corrected chi connectivity index (χ1v) is 7.44. The largest absolute Gasteiger partial charge is 0.360 e. The Morgan fingerprint density at radius 3 is 2.30 bits per heavy atom. The number of nitrogens with zero attached hydrogens (tertiary/aromatic N) is 2. The van der Waals surface area contributed by atoms with Gasteiger partial charge in [-0.1, -0.05) is 11.2 Å². The van der Waals surface area contributed by atoms with Crippen molar-refractivity contribution < 1.29 is 14.1 Å². The topological polar surface area (TPSA) is 75.4 Å². The number of anilines is 2. The predicted octanol–water partition coefficient (Wildman–Crippen LogP) is 2.98. The van der Waals surface area contributed by atoms with Gasteiger partial charge in [-0.2, -0.15) is 0 Å². The second kappa shape index (κ2) is 7.09. The molecule has 6 heteroatoms. The van der Waals surface area contributed by atoms with Gasteiger partial charge in [0.05, 0.1) is 0 Å². The molecular formula is C17H21N3O3. The Kier molecular flexibility index (Phi) is 5.16. The number of nitrogens with one attached hydrogen (secondary N) is 1. The average molecular weight is 315 g/mol. The lowest BCUT2D eigenvalue weighted by Gasteiger charge is -2.17. The predicted molar refractivity (Wildman–Crippen MR) is 88.4 cm³/mol. The molecule has 0 radical (unpaired) electrons. The van der Waals surface area contributed by atoms with Crippen LogP contribution in [0.25, 0.3) is 0 Å². The molecule has 0 bridgehead atoms. The van der Waals surface area contributed by atoms with Gasteiger partial charge in [0, 0.05) is 31.6 Å². The number of aryl methyl sites for hydroxylation is 3. The summed E-state index contributed by atoms with van der Waals surface area (Å²) in [7, 11) is 0. The molecule has 2 rings (SSSR count). The summed E-state index contributed by atoms with van der Waals surface area (Å²) in [4.78, 5) is 25.3. The number of rotatable bonds is 5. The van der Waals surface area contributed by atoms with Crippen molar-refractivity contribution in [3.05, 3.63) is 41.2 Å². The van der Waals surface area contributed by atoms with Gasteiger partial charge in [0.2, 0.25) is 11.8 Å². The van der Waals surface area contributed by atoms with Gasteiger partial charge in [0.25, 0.3) is 0 Å². The zero-order valence-electron chi connectivity index (χ0n) is 13.8. The third-order valence-electron chi connectivity index (χ3n) is 3.34. The molecule has 1 aromatic carbocycles. The molecule has 2 aromatic rings. The van der Waals surface area contributed by atoms with Crippen LogP contribution in [0, 0.1) is 20.8 Å². The quantitative estimate of drug-likeness (QED) is 0.920. The maximum Gasteiger partial charge on any atom is 0.226 e. The van der Waals surface area contributed by atoms with Crippen LogP contribution in [0.2, 0.25) is 0 Å². The molecule has 0 saturated carbocycles. The lowest BCUT2D eigenvalue weighted by Crippen LogP contribution is -2.32. The molecule has 0 atom stereocenters. The highest BCUT2D eigenvalue weighted by molar-refractivity contribution is 5.94. The van der Waals surface area contributed by atoms with Crippen molar-refractivity contribution in [2.45, 2.75) is 34.1 Å². The van der Waals surface area contributed by atoms with E-state index in [9.17, 15) is 9.59 Å². The van der Waals surface area contributed by atoms with Crippen molar-refractivity contribution in [1.29, 1.82) is 0 Å². The molecule has 0 fully saturated rings. The van der Waals surface area contributed by atoms with E-state index in [1.807, 2.05) is 32.0 Å². The van der Waals surface area contributed by atoms with Crippen molar-refractivity contribution in [2.24, 2.45) is 0 Å². The monoisotopic (exact) mass is 315 g/mol. The van der Waals surface area contributed by atoms with Gasteiger partial charge in [-0.05, 0) is 44.0 Å². The van der Waals surface area contributed by atoms with Gasteiger partial charge in [-0.15, -0.1) is 0 Å². The van der Waals surface area contributed by atoms with E-state index in [2.05, 4.69) is 10.5 Å². The summed E-state index contributed by atoms with van der Waals surface area (Å²) in [5.74, 6) is 0.708. The Morgan fingerprint density at radius 2 is 1.78 bits per heavy atom. The lowest BCUT2D eigenvalue weighted by molar-refractivity contribution is -0.117. The number of amides is 2. The summed E-state index contributed by atoms with van der Waals surface area (Å²) in [5.41, 5.74) is 2.94. The number of hydrogen-bond donors (Lipinski definition) is 1. The first-order chi connectivity index (χ1) is 10.8. The van der Waals surface area contributed by atoms with Gasteiger partial charge in [0.1, 0.15) is 5.76 Å². The van der Waals surface area contributed by atoms with Gasteiger partial charge >= 0.3 is 0 Å². The van der Waals surface area contributed by atoms with Crippen LogP contribution in [0.15, 0.2) is 28.8 Å². The summed E-state index contributed by atoms with van der Waals surface area (Å²) >= 11 is 0. The van der Waals surface area contributed by atoms with E-state index < -0.39 is 0 Å². The number of benzene rings is 1. The lowest BCUT2D eigenvalue weighted by atomic mass is 10.1. The molecule has 122 valence electrons. The third-order valence-corrected chi connectivity index (χ3v) is 3.34. The molecular weight excluding hydrogens is 294 g/mol. The first-order valence-electron chi connectivity index (χ1n) is 7.44. The first kappa shape index (κ1) is 16.7. The van der Waals surface area contributed by atoms with Crippen LogP contribution in [-0.4, -0.2) is 23.5 Å². The summed E-state index contributed by atoms with van der Waals surface area (Å²) < 4.78 is 4.98. The standard InChI is InChI=1S/C17H21N3O3/c1-11-7-12(2)9-15(8-11)18-17(22)5-6-20(14(4)21)16-10-13(3)23-19-16/h7-10H,5-6H2,1-4H3,(H,18,22). The molecule has 0 aliphatic carbocycles. The fourth-order valence-corrected chi connectivity index (χ4v) is 2.40. The molecule has 0 aliphatic rings. The normalized spacial score (nSPS) is 10.4. The molecule has 1 N–H and O–H groups in total. The molecule has 0 unspecified atom stereocenters. The van der Waals surface area contributed by atoms with Crippen molar-refractivity contribution in [3.63, 3.8) is 0 Å². The van der Waals surface area contributed by atoms with Crippen LogP contribution in [0.4, 0.5) is 11.5 Å². The molecule has 0 saturated heterocycles. The maximum absolute atomic E-state index is 12.1. The highest BCUT2D eigenvalue weighted by Crippen LogP contribution is 2.16. The van der Waals surface area contributed by atoms with E-state index in [4.69, 9.17) is 4.52 Å². The fraction of sp³-hybridized carbons (Fsp3) is 0.353. The van der Waals surface area contributed by atoms with E-state index in [1.165, 1.54) is 11.8 Å². The van der Waals surface area contributed by atoms with Crippen LogP contribution in [-0.2, 0) is 9.59 Å². The Balaban J connectivity index is 1.97. The van der Waals surface area contributed by atoms with E-state index >= 15 is 0 Å². The van der Waals surface area contributed by atoms with Crippen LogP contribution < -0.4 is 10.2 Å². The summed E-state index contributed by atoms with van der Waals surface area (Å²) in [5, 5.41) is 6.67. The smallest absolute Gasteiger partial charge is 0.226 e. The molecule has 0 aliphatic heterocycles. The third kappa shape index (κ3) is 4.67. The van der Waals surface area contributed by atoms with E-state index in [0.717, 1.165) is 16.8 Å². The molecule has 1 heterocycles. The van der Waals surface area contributed by atoms with E-state index in [1.54, 1.807) is 13.0 Å². The molecule has 6 nitrogen and oxygen atoms in total. The van der Waals surface area contributed by atoms with Crippen molar-refractivity contribution in [1.82, 2.24) is 5.16 Å². The highest BCUT2D eigenvalue weighted by atomic mass is 16.5. The zero-order valence-corrected chi connectivity index (χ0v) is 13.8. The minimum atomic E-state index is -0.183. The Morgan fingerprint density at radius 1 is 1.13 bits per heavy atom. The average Bonchev–Trinajstić information content (AvgIpc) is 2.83. The summed E-state index contributed by atoms with van der Waals surface area (Å²) in [6.07, 6.45) is 0.179. The molecule has 1 aromatic heterocycles. The van der Waals surface area contributed by atoms with Crippen LogP contribution >= 0.6 is 0 Å². The summed E-state index contributed by atoms with van der Waals surface area (Å²) in [6, 6.07) is 7.53. The minimum Gasteiger partial charge on any atom is -0.360 e. The van der Waals surface area contributed by atoms with Gasteiger partial charge < -0.3 is 9.84 Å².